The van der Waals surface area contributed by atoms with Crippen molar-refractivity contribution in [2.45, 2.75) is 44.2 Å². The van der Waals surface area contributed by atoms with Crippen molar-refractivity contribution in [3.63, 3.8) is 0 Å². The third kappa shape index (κ3) is 3.31. The molecule has 0 spiro atoms. The zero-order valence-corrected chi connectivity index (χ0v) is 12.9. The Morgan fingerprint density at radius 1 is 1.55 bits per heavy atom. The average Bonchev–Trinajstić information content (AvgIpc) is 3.15. The molecule has 1 fully saturated rings. The first-order chi connectivity index (χ1) is 9.48. The van der Waals surface area contributed by atoms with Crippen molar-refractivity contribution in [3.05, 3.63) is 30.2 Å². The summed E-state index contributed by atoms with van der Waals surface area (Å²) in [6.07, 6.45) is 3.97. The Morgan fingerprint density at radius 3 is 2.80 bits per heavy atom. The summed E-state index contributed by atoms with van der Waals surface area (Å²) in [5, 5.41) is 3.31. The van der Waals surface area contributed by atoms with Crippen LogP contribution < -0.4 is 5.32 Å². The minimum absolute atomic E-state index is 0.258. The number of hydrogen-bond acceptors (Lipinski definition) is 4. The summed E-state index contributed by atoms with van der Waals surface area (Å²) in [7, 11) is -3.51. The summed E-state index contributed by atoms with van der Waals surface area (Å²) in [4.78, 5) is 0.258. The zero-order chi connectivity index (χ0) is 14.8. The van der Waals surface area contributed by atoms with E-state index in [-0.39, 0.29) is 4.90 Å². The first-order valence-electron chi connectivity index (χ1n) is 6.92. The van der Waals surface area contributed by atoms with Gasteiger partial charge >= 0.3 is 0 Å². The van der Waals surface area contributed by atoms with Gasteiger partial charge in [0, 0.05) is 25.2 Å². The Kier molecular flexibility index (Phi) is 4.67. The van der Waals surface area contributed by atoms with E-state index in [0.29, 0.717) is 37.2 Å². The predicted octanol–water partition coefficient (Wildman–Crippen LogP) is 2.04. The average molecular weight is 298 g/mol. The minimum atomic E-state index is -3.51. The molecule has 0 amide bonds. The van der Waals surface area contributed by atoms with Crippen molar-refractivity contribution in [2.75, 3.05) is 13.1 Å². The smallest absolute Gasteiger partial charge is 0.246 e. The van der Waals surface area contributed by atoms with E-state index in [2.05, 4.69) is 11.9 Å². The van der Waals surface area contributed by atoms with Crippen LogP contribution >= 0.6 is 0 Å². The highest BCUT2D eigenvalue weighted by Gasteiger charge is 2.27. The third-order valence-electron chi connectivity index (χ3n) is 3.37. The summed E-state index contributed by atoms with van der Waals surface area (Å²) in [5.41, 5.74) is 0. The second-order valence-electron chi connectivity index (χ2n) is 5.03. The maximum Gasteiger partial charge on any atom is 0.246 e. The zero-order valence-electron chi connectivity index (χ0n) is 12.1. The van der Waals surface area contributed by atoms with E-state index in [1.54, 1.807) is 19.1 Å². The number of sulfonamides is 1. The van der Waals surface area contributed by atoms with Gasteiger partial charge in [-0.1, -0.05) is 13.0 Å². The molecule has 0 saturated heterocycles. The van der Waals surface area contributed by atoms with Gasteiger partial charge in [0.25, 0.3) is 0 Å². The van der Waals surface area contributed by atoms with Crippen molar-refractivity contribution in [1.29, 1.82) is 0 Å². The number of rotatable bonds is 8. The van der Waals surface area contributed by atoms with E-state index in [1.807, 2.05) is 6.92 Å². The lowest BCUT2D eigenvalue weighted by molar-refractivity contribution is 0.445. The van der Waals surface area contributed by atoms with Crippen molar-refractivity contribution in [2.24, 2.45) is 0 Å². The van der Waals surface area contributed by atoms with Crippen LogP contribution in [-0.4, -0.2) is 31.9 Å². The summed E-state index contributed by atoms with van der Waals surface area (Å²) in [6, 6.07) is 2.19. The van der Waals surface area contributed by atoms with Gasteiger partial charge < -0.3 is 9.73 Å². The molecule has 20 heavy (non-hydrogen) atoms. The number of nitrogens with zero attached hydrogens (tertiary/aromatic N) is 1. The van der Waals surface area contributed by atoms with Crippen LogP contribution in [0, 0.1) is 6.92 Å². The molecule has 1 aromatic heterocycles. The lowest BCUT2D eigenvalue weighted by atomic mass is 10.4. The van der Waals surface area contributed by atoms with Crippen molar-refractivity contribution >= 4 is 10.0 Å². The molecular weight excluding hydrogens is 276 g/mol. The van der Waals surface area contributed by atoms with Crippen LogP contribution in [0.15, 0.2) is 28.0 Å². The summed E-state index contributed by atoms with van der Waals surface area (Å²) in [6.45, 7) is 8.39. The maximum atomic E-state index is 12.5. The van der Waals surface area contributed by atoms with Gasteiger partial charge in [-0.05, 0) is 19.8 Å². The summed E-state index contributed by atoms with van der Waals surface area (Å²) >= 11 is 0. The molecule has 112 valence electrons. The van der Waals surface area contributed by atoms with Gasteiger partial charge in [0.05, 0.1) is 6.54 Å². The molecule has 0 bridgehead atoms. The van der Waals surface area contributed by atoms with Gasteiger partial charge in [0.1, 0.15) is 16.4 Å². The molecule has 0 aromatic carbocycles. The van der Waals surface area contributed by atoms with Crippen LogP contribution in [-0.2, 0) is 16.6 Å². The molecule has 2 rings (SSSR count). The van der Waals surface area contributed by atoms with E-state index in [4.69, 9.17) is 4.42 Å². The van der Waals surface area contributed by atoms with Crippen LogP contribution in [0.2, 0.25) is 0 Å². The second-order valence-corrected chi connectivity index (χ2v) is 6.94. The Hall–Kier alpha value is -1.11. The molecule has 1 N–H and O–H groups in total. The molecule has 1 aliphatic carbocycles. The fourth-order valence-electron chi connectivity index (χ4n) is 2.08. The van der Waals surface area contributed by atoms with Crippen LogP contribution in [0.4, 0.5) is 0 Å². The van der Waals surface area contributed by atoms with Crippen LogP contribution in [0.1, 0.15) is 31.3 Å². The minimum Gasteiger partial charge on any atom is -0.464 e. The SMILES string of the molecule is C=CCN(CC)S(=O)(=O)c1cc(CNC2CC2)oc1C. The molecule has 0 unspecified atom stereocenters. The van der Waals surface area contributed by atoms with Crippen LogP contribution in [0.3, 0.4) is 0 Å². The van der Waals surface area contributed by atoms with E-state index in [0.717, 1.165) is 0 Å². The van der Waals surface area contributed by atoms with Gasteiger partial charge in [-0.3, -0.25) is 0 Å². The Morgan fingerprint density at radius 2 is 2.25 bits per heavy atom. The van der Waals surface area contributed by atoms with Gasteiger partial charge in [0.2, 0.25) is 10.0 Å². The Bertz CT molecular complexity index is 573. The predicted molar refractivity (Wildman–Crippen MR) is 77.9 cm³/mol. The fourth-order valence-corrected chi connectivity index (χ4v) is 3.69. The largest absolute Gasteiger partial charge is 0.464 e. The molecule has 5 nitrogen and oxygen atoms in total. The fraction of sp³-hybridized carbons (Fsp3) is 0.571. The third-order valence-corrected chi connectivity index (χ3v) is 5.42. The standard InChI is InChI=1S/C14H22N2O3S/c1-4-8-16(5-2)20(17,18)14-9-13(19-11(14)3)10-15-12-6-7-12/h4,9,12,15H,1,5-8,10H2,2-3H3. The second kappa shape index (κ2) is 6.11. The molecule has 1 aliphatic rings. The lowest BCUT2D eigenvalue weighted by Crippen LogP contribution is -2.31. The molecular formula is C14H22N2O3S. The number of furan rings is 1. The summed E-state index contributed by atoms with van der Waals surface area (Å²) < 4.78 is 32.0. The van der Waals surface area contributed by atoms with Crippen molar-refractivity contribution in [1.82, 2.24) is 9.62 Å². The van der Waals surface area contributed by atoms with Crippen LogP contribution in [0.25, 0.3) is 0 Å². The van der Waals surface area contributed by atoms with Crippen molar-refractivity contribution < 1.29 is 12.8 Å². The Labute approximate surface area is 120 Å². The molecule has 0 aliphatic heterocycles. The van der Waals surface area contributed by atoms with Gasteiger partial charge in [-0.25, -0.2) is 8.42 Å². The molecule has 1 saturated carbocycles. The molecule has 6 heteroatoms. The van der Waals surface area contributed by atoms with E-state index in [9.17, 15) is 8.42 Å². The monoisotopic (exact) mass is 298 g/mol. The quantitative estimate of drug-likeness (QED) is 0.746. The number of nitrogens with one attached hydrogen (secondary N) is 1. The first-order valence-corrected chi connectivity index (χ1v) is 8.36. The van der Waals surface area contributed by atoms with E-state index < -0.39 is 10.0 Å². The first kappa shape index (κ1) is 15.3. The highest BCUT2D eigenvalue weighted by Crippen LogP contribution is 2.25. The highest BCUT2D eigenvalue weighted by atomic mass is 32.2. The van der Waals surface area contributed by atoms with Gasteiger partial charge in [0.15, 0.2) is 0 Å². The van der Waals surface area contributed by atoms with Gasteiger partial charge in [-0.2, -0.15) is 4.31 Å². The number of hydrogen-bond donors (Lipinski definition) is 1. The lowest BCUT2D eigenvalue weighted by Gasteiger charge is -2.17. The Balaban J connectivity index is 2.18. The topological polar surface area (TPSA) is 62.6 Å². The molecule has 0 radical (unpaired) electrons. The van der Waals surface area contributed by atoms with Crippen molar-refractivity contribution in [3.8, 4) is 0 Å². The summed E-state index contributed by atoms with van der Waals surface area (Å²) in [5.74, 6) is 1.11. The molecule has 1 heterocycles. The molecule has 0 atom stereocenters. The van der Waals surface area contributed by atoms with E-state index >= 15 is 0 Å². The number of likely N-dealkylation sites (N-methyl/N-ethyl adjacent to an activating group) is 1. The van der Waals surface area contributed by atoms with Gasteiger partial charge in [-0.15, -0.1) is 6.58 Å². The molecule has 1 aromatic rings. The highest BCUT2D eigenvalue weighted by molar-refractivity contribution is 7.89. The normalized spacial score (nSPS) is 15.8. The van der Waals surface area contributed by atoms with Crippen LogP contribution in [0.5, 0.6) is 0 Å². The number of aryl methyl sites for hydroxylation is 1. The van der Waals surface area contributed by atoms with E-state index in [1.165, 1.54) is 17.1 Å². The maximum absolute atomic E-state index is 12.5.